The minimum absolute atomic E-state index is 0.0659. The van der Waals surface area contributed by atoms with Crippen LogP contribution in [0.3, 0.4) is 0 Å². The summed E-state index contributed by atoms with van der Waals surface area (Å²) in [6, 6.07) is 1.24. The minimum atomic E-state index is -0.910. The maximum absolute atomic E-state index is 11.6. The predicted octanol–water partition coefficient (Wildman–Crippen LogP) is 2.05. The molecule has 1 aromatic heterocycles. The third kappa shape index (κ3) is 5.18. The predicted molar refractivity (Wildman–Crippen MR) is 70.6 cm³/mol. The Balaban J connectivity index is 2.38. The lowest BCUT2D eigenvalue weighted by Crippen LogP contribution is -2.45. The fraction of sp³-hybridized carbons (Fsp3) is 0.500. The minimum Gasteiger partial charge on any atom is -0.481 e. The second kappa shape index (κ2) is 7.00. The van der Waals surface area contributed by atoms with Gasteiger partial charge in [0, 0.05) is 12.6 Å². The van der Waals surface area contributed by atoms with Gasteiger partial charge in [0.25, 0.3) is 0 Å². The Labute approximate surface area is 110 Å². The first-order chi connectivity index (χ1) is 8.49. The maximum atomic E-state index is 11.6. The van der Waals surface area contributed by atoms with Gasteiger partial charge >= 0.3 is 12.0 Å². The number of nitrogens with one attached hydrogen (secondary N) is 2. The number of urea groups is 1. The normalized spacial score (nSPS) is 12.2. The van der Waals surface area contributed by atoms with Crippen LogP contribution in [0.15, 0.2) is 16.8 Å². The molecule has 0 fully saturated rings. The van der Waals surface area contributed by atoms with Crippen LogP contribution in [0.4, 0.5) is 4.79 Å². The van der Waals surface area contributed by atoms with Gasteiger partial charge in [-0.15, -0.1) is 0 Å². The number of amides is 2. The SMILES string of the molecule is CC(C)C(CC(=O)O)NC(=O)NCc1ccsc1. The molecule has 1 atom stereocenters. The van der Waals surface area contributed by atoms with Crippen LogP contribution in [-0.2, 0) is 11.3 Å². The van der Waals surface area contributed by atoms with Gasteiger partial charge in [0.2, 0.25) is 0 Å². The number of aliphatic carboxylic acids is 1. The quantitative estimate of drug-likeness (QED) is 0.740. The molecule has 2 amide bonds. The lowest BCUT2D eigenvalue weighted by molar-refractivity contribution is -0.137. The number of hydrogen-bond acceptors (Lipinski definition) is 3. The third-order valence-corrected chi connectivity index (χ3v) is 3.28. The van der Waals surface area contributed by atoms with Gasteiger partial charge in [-0.3, -0.25) is 4.79 Å². The van der Waals surface area contributed by atoms with Crippen LogP contribution < -0.4 is 10.6 Å². The van der Waals surface area contributed by atoms with E-state index >= 15 is 0 Å². The van der Waals surface area contributed by atoms with E-state index in [-0.39, 0.29) is 24.4 Å². The van der Waals surface area contributed by atoms with E-state index in [1.54, 1.807) is 11.3 Å². The number of carbonyl (C=O) groups is 2. The summed E-state index contributed by atoms with van der Waals surface area (Å²) in [5, 5.41) is 18.0. The second-order valence-electron chi connectivity index (χ2n) is 4.41. The van der Waals surface area contributed by atoms with Crippen LogP contribution in [0.1, 0.15) is 25.8 Å². The summed E-state index contributed by atoms with van der Waals surface area (Å²) in [4.78, 5) is 22.3. The molecule has 0 bridgehead atoms. The summed E-state index contributed by atoms with van der Waals surface area (Å²) >= 11 is 1.57. The van der Waals surface area contributed by atoms with Crippen molar-refractivity contribution < 1.29 is 14.7 Å². The zero-order valence-corrected chi connectivity index (χ0v) is 11.3. The maximum Gasteiger partial charge on any atom is 0.315 e. The summed E-state index contributed by atoms with van der Waals surface area (Å²) in [7, 11) is 0. The van der Waals surface area contributed by atoms with Crippen LogP contribution in [0, 0.1) is 5.92 Å². The van der Waals surface area contributed by atoms with Gasteiger partial charge in [0.05, 0.1) is 6.42 Å². The van der Waals surface area contributed by atoms with Crippen molar-refractivity contribution in [2.45, 2.75) is 32.9 Å². The van der Waals surface area contributed by atoms with Gasteiger partial charge < -0.3 is 15.7 Å². The number of thiophene rings is 1. The molecule has 0 saturated heterocycles. The lowest BCUT2D eigenvalue weighted by Gasteiger charge is -2.20. The van der Waals surface area contributed by atoms with E-state index in [4.69, 9.17) is 5.11 Å². The summed E-state index contributed by atoms with van der Waals surface area (Å²) in [6.07, 6.45) is -0.0659. The molecule has 1 heterocycles. The molecule has 5 nitrogen and oxygen atoms in total. The number of hydrogen-bond donors (Lipinski definition) is 3. The van der Waals surface area contributed by atoms with Crippen LogP contribution in [0.2, 0.25) is 0 Å². The number of rotatable bonds is 6. The molecular formula is C12H18N2O3S. The Kier molecular flexibility index (Phi) is 5.64. The molecule has 0 aliphatic heterocycles. The monoisotopic (exact) mass is 270 g/mol. The smallest absolute Gasteiger partial charge is 0.315 e. The van der Waals surface area contributed by atoms with Gasteiger partial charge in [-0.2, -0.15) is 11.3 Å². The van der Waals surface area contributed by atoms with Crippen molar-refractivity contribution in [1.82, 2.24) is 10.6 Å². The fourth-order valence-corrected chi connectivity index (χ4v) is 2.11. The van der Waals surface area contributed by atoms with E-state index < -0.39 is 5.97 Å². The van der Waals surface area contributed by atoms with Crippen molar-refractivity contribution in [3.05, 3.63) is 22.4 Å². The van der Waals surface area contributed by atoms with Crippen molar-refractivity contribution in [2.24, 2.45) is 5.92 Å². The Morgan fingerprint density at radius 2 is 2.17 bits per heavy atom. The molecule has 3 N–H and O–H groups in total. The van der Waals surface area contributed by atoms with E-state index in [0.717, 1.165) is 5.56 Å². The highest BCUT2D eigenvalue weighted by Crippen LogP contribution is 2.07. The van der Waals surface area contributed by atoms with Crippen molar-refractivity contribution in [2.75, 3.05) is 0 Å². The molecule has 0 aromatic carbocycles. The Hall–Kier alpha value is -1.56. The largest absolute Gasteiger partial charge is 0.481 e. The Morgan fingerprint density at radius 3 is 2.67 bits per heavy atom. The van der Waals surface area contributed by atoms with Gasteiger partial charge in [0.15, 0.2) is 0 Å². The summed E-state index contributed by atoms with van der Waals surface area (Å²) in [6.45, 7) is 4.22. The highest BCUT2D eigenvalue weighted by molar-refractivity contribution is 7.07. The lowest BCUT2D eigenvalue weighted by atomic mass is 10.0. The first-order valence-electron chi connectivity index (χ1n) is 5.76. The molecule has 0 radical (unpaired) electrons. The summed E-state index contributed by atoms with van der Waals surface area (Å²) in [5.74, 6) is -0.833. The topological polar surface area (TPSA) is 78.4 Å². The first-order valence-corrected chi connectivity index (χ1v) is 6.70. The molecule has 6 heteroatoms. The molecule has 0 aliphatic rings. The summed E-state index contributed by atoms with van der Waals surface area (Å²) < 4.78 is 0. The standard InChI is InChI=1S/C12H18N2O3S/c1-8(2)10(5-11(15)16)14-12(17)13-6-9-3-4-18-7-9/h3-4,7-8,10H,5-6H2,1-2H3,(H,15,16)(H2,13,14,17). The van der Waals surface area contributed by atoms with Gasteiger partial charge in [-0.1, -0.05) is 13.8 Å². The molecule has 100 valence electrons. The van der Waals surface area contributed by atoms with Crippen molar-refractivity contribution in [3.8, 4) is 0 Å². The van der Waals surface area contributed by atoms with Crippen LogP contribution in [-0.4, -0.2) is 23.1 Å². The zero-order chi connectivity index (χ0) is 13.5. The Bertz CT molecular complexity index is 390. The molecular weight excluding hydrogens is 252 g/mol. The average Bonchev–Trinajstić information content (AvgIpc) is 2.77. The van der Waals surface area contributed by atoms with Gasteiger partial charge in [-0.25, -0.2) is 4.79 Å². The van der Waals surface area contributed by atoms with Gasteiger partial charge in [-0.05, 0) is 28.3 Å². The number of carboxylic acids is 1. The molecule has 0 aliphatic carbocycles. The third-order valence-electron chi connectivity index (χ3n) is 2.55. The second-order valence-corrected chi connectivity index (χ2v) is 5.19. The van der Waals surface area contributed by atoms with Crippen molar-refractivity contribution in [3.63, 3.8) is 0 Å². The van der Waals surface area contributed by atoms with E-state index in [1.165, 1.54) is 0 Å². The van der Waals surface area contributed by atoms with Crippen LogP contribution in [0.25, 0.3) is 0 Å². The summed E-state index contributed by atoms with van der Waals surface area (Å²) in [5.41, 5.74) is 1.04. The van der Waals surface area contributed by atoms with E-state index in [0.29, 0.717) is 6.54 Å². The fourth-order valence-electron chi connectivity index (χ4n) is 1.44. The average molecular weight is 270 g/mol. The van der Waals surface area contributed by atoms with Gasteiger partial charge in [0.1, 0.15) is 0 Å². The van der Waals surface area contributed by atoms with Crippen molar-refractivity contribution >= 4 is 23.3 Å². The first kappa shape index (κ1) is 14.5. The molecule has 0 spiro atoms. The van der Waals surface area contributed by atoms with E-state index in [1.807, 2.05) is 30.7 Å². The van der Waals surface area contributed by atoms with E-state index in [9.17, 15) is 9.59 Å². The van der Waals surface area contributed by atoms with Crippen molar-refractivity contribution in [1.29, 1.82) is 0 Å². The molecule has 1 unspecified atom stereocenters. The molecule has 1 aromatic rings. The van der Waals surface area contributed by atoms with Crippen LogP contribution in [0.5, 0.6) is 0 Å². The molecule has 18 heavy (non-hydrogen) atoms. The highest BCUT2D eigenvalue weighted by Gasteiger charge is 2.19. The number of carbonyl (C=O) groups excluding carboxylic acids is 1. The number of carboxylic acid groups (broad SMARTS) is 1. The zero-order valence-electron chi connectivity index (χ0n) is 10.5. The molecule has 1 rings (SSSR count). The van der Waals surface area contributed by atoms with Crippen LogP contribution >= 0.6 is 11.3 Å². The Morgan fingerprint density at radius 1 is 1.44 bits per heavy atom. The van der Waals surface area contributed by atoms with E-state index in [2.05, 4.69) is 10.6 Å². The highest BCUT2D eigenvalue weighted by atomic mass is 32.1. The molecule has 0 saturated carbocycles.